The van der Waals surface area contributed by atoms with Crippen LogP contribution in [0, 0.1) is 13.8 Å². The Morgan fingerprint density at radius 1 is 0.966 bits per heavy atom. The molecule has 1 N–H and O–H groups in total. The summed E-state index contributed by atoms with van der Waals surface area (Å²) in [5, 5.41) is 3.04. The van der Waals surface area contributed by atoms with E-state index in [2.05, 4.69) is 5.32 Å². The van der Waals surface area contributed by atoms with E-state index in [4.69, 9.17) is 0 Å². The summed E-state index contributed by atoms with van der Waals surface area (Å²) in [6.45, 7) is 5.05. The Labute approximate surface area is 173 Å². The normalized spacial score (nSPS) is 15.9. The zero-order valence-electron chi connectivity index (χ0n) is 17.0. The van der Waals surface area contributed by atoms with Crippen molar-refractivity contribution in [3.8, 4) is 0 Å². The average Bonchev–Trinajstić information content (AvgIpc) is 3.00. The van der Waals surface area contributed by atoms with Crippen LogP contribution in [-0.4, -0.2) is 31.6 Å². The first-order valence-electron chi connectivity index (χ1n) is 10.0. The van der Waals surface area contributed by atoms with E-state index in [9.17, 15) is 13.2 Å². The van der Waals surface area contributed by atoms with Crippen molar-refractivity contribution < 1.29 is 13.2 Å². The Bertz CT molecular complexity index is 987. The number of hydrogen-bond acceptors (Lipinski definition) is 4. The maximum Gasteiger partial charge on any atom is 0.243 e. The van der Waals surface area contributed by atoms with Crippen molar-refractivity contribution in [1.29, 1.82) is 0 Å². The van der Waals surface area contributed by atoms with E-state index in [0.717, 1.165) is 42.5 Å². The van der Waals surface area contributed by atoms with Crippen LogP contribution < -0.4 is 5.32 Å². The molecule has 1 heterocycles. The third kappa shape index (κ3) is 5.34. The second-order valence-corrected chi connectivity index (χ2v) is 9.44. The predicted octanol–water partition coefficient (Wildman–Crippen LogP) is 4.68. The summed E-state index contributed by atoms with van der Waals surface area (Å²) < 4.78 is 27.2. The SMILES string of the molecule is Cc1ccc(C)c(C(=O)C=CNc2ccc(S(=O)(=O)N3CCCCCC3)cc2)c1. The van der Waals surface area contributed by atoms with Gasteiger partial charge in [-0.3, -0.25) is 4.79 Å². The van der Waals surface area contributed by atoms with E-state index in [0.29, 0.717) is 23.5 Å². The van der Waals surface area contributed by atoms with Gasteiger partial charge in [-0.2, -0.15) is 4.31 Å². The quantitative estimate of drug-likeness (QED) is 0.553. The Morgan fingerprint density at radius 3 is 2.28 bits per heavy atom. The predicted molar refractivity (Wildman–Crippen MR) is 117 cm³/mol. The van der Waals surface area contributed by atoms with Gasteiger partial charge in [-0.05, 0) is 62.6 Å². The van der Waals surface area contributed by atoms with Gasteiger partial charge in [-0.15, -0.1) is 0 Å². The van der Waals surface area contributed by atoms with Crippen LogP contribution in [0.2, 0.25) is 0 Å². The summed E-state index contributed by atoms with van der Waals surface area (Å²) >= 11 is 0. The lowest BCUT2D eigenvalue weighted by Gasteiger charge is -2.20. The minimum atomic E-state index is -3.45. The summed E-state index contributed by atoms with van der Waals surface area (Å²) in [6.07, 6.45) is 7.08. The fourth-order valence-electron chi connectivity index (χ4n) is 3.46. The van der Waals surface area contributed by atoms with Crippen LogP contribution in [0.4, 0.5) is 5.69 Å². The molecule has 0 radical (unpaired) electrons. The van der Waals surface area contributed by atoms with Crippen LogP contribution in [0.3, 0.4) is 0 Å². The Balaban J connectivity index is 1.65. The highest BCUT2D eigenvalue weighted by atomic mass is 32.2. The number of nitrogens with one attached hydrogen (secondary N) is 1. The van der Waals surface area contributed by atoms with E-state index in [-0.39, 0.29) is 5.78 Å². The lowest BCUT2D eigenvalue weighted by molar-refractivity contribution is 0.104. The number of ketones is 1. The fraction of sp³-hybridized carbons (Fsp3) is 0.348. The molecule has 1 aliphatic rings. The molecule has 29 heavy (non-hydrogen) atoms. The van der Waals surface area contributed by atoms with E-state index in [1.165, 1.54) is 6.08 Å². The molecule has 0 amide bonds. The number of allylic oxidation sites excluding steroid dienone is 1. The topological polar surface area (TPSA) is 66.5 Å². The lowest BCUT2D eigenvalue weighted by Crippen LogP contribution is -2.31. The molecule has 1 aliphatic heterocycles. The zero-order valence-corrected chi connectivity index (χ0v) is 17.8. The molecule has 3 rings (SSSR count). The molecular weight excluding hydrogens is 384 g/mol. The number of benzene rings is 2. The van der Waals surface area contributed by atoms with Crippen molar-refractivity contribution in [2.75, 3.05) is 18.4 Å². The summed E-state index contributed by atoms with van der Waals surface area (Å²) in [5.74, 6) is -0.0703. The van der Waals surface area contributed by atoms with Crippen LogP contribution in [-0.2, 0) is 10.0 Å². The zero-order chi connectivity index (χ0) is 20.9. The molecule has 154 valence electrons. The fourth-order valence-corrected chi connectivity index (χ4v) is 4.98. The van der Waals surface area contributed by atoms with Gasteiger partial charge in [0.1, 0.15) is 0 Å². The lowest BCUT2D eigenvalue weighted by atomic mass is 10.0. The number of rotatable bonds is 6. The van der Waals surface area contributed by atoms with Gasteiger partial charge in [-0.25, -0.2) is 8.42 Å². The van der Waals surface area contributed by atoms with Crippen LogP contribution >= 0.6 is 0 Å². The smallest absolute Gasteiger partial charge is 0.243 e. The monoisotopic (exact) mass is 412 g/mol. The molecule has 0 aliphatic carbocycles. The first kappa shape index (κ1) is 21.3. The van der Waals surface area contributed by atoms with Crippen molar-refractivity contribution in [3.63, 3.8) is 0 Å². The standard InChI is InChI=1S/C23H28N2O3S/c1-18-7-8-19(2)22(17-18)23(26)13-14-24-20-9-11-21(12-10-20)29(27,28)25-15-5-3-4-6-16-25/h7-14,17,24H,3-6,15-16H2,1-2H3. The molecular formula is C23H28N2O3S. The maximum absolute atomic E-state index is 12.8. The molecule has 0 saturated carbocycles. The van der Waals surface area contributed by atoms with Gasteiger partial charge in [0.15, 0.2) is 5.78 Å². The maximum atomic E-state index is 12.8. The van der Waals surface area contributed by atoms with Gasteiger partial charge in [0.25, 0.3) is 0 Å². The van der Waals surface area contributed by atoms with Crippen molar-refractivity contribution in [1.82, 2.24) is 4.31 Å². The molecule has 1 fully saturated rings. The van der Waals surface area contributed by atoms with Crippen molar-refractivity contribution in [3.05, 3.63) is 71.4 Å². The average molecular weight is 413 g/mol. The molecule has 0 aromatic heterocycles. The summed E-state index contributed by atoms with van der Waals surface area (Å²) in [6, 6.07) is 12.5. The van der Waals surface area contributed by atoms with Crippen LogP contribution in [0.15, 0.2) is 59.6 Å². The summed E-state index contributed by atoms with van der Waals surface area (Å²) in [4.78, 5) is 12.7. The van der Waals surface area contributed by atoms with Gasteiger partial charge < -0.3 is 5.32 Å². The van der Waals surface area contributed by atoms with Crippen LogP contribution in [0.1, 0.15) is 47.2 Å². The molecule has 0 spiro atoms. The molecule has 0 unspecified atom stereocenters. The number of carbonyl (C=O) groups is 1. The third-order valence-electron chi connectivity index (χ3n) is 5.20. The van der Waals surface area contributed by atoms with E-state index in [1.54, 1.807) is 34.8 Å². The Morgan fingerprint density at radius 2 is 1.62 bits per heavy atom. The number of anilines is 1. The van der Waals surface area contributed by atoms with E-state index in [1.807, 2.05) is 32.0 Å². The Kier molecular flexibility index (Phi) is 6.87. The van der Waals surface area contributed by atoms with Crippen LogP contribution in [0.25, 0.3) is 0 Å². The number of carbonyl (C=O) groups excluding carboxylic acids is 1. The minimum absolute atomic E-state index is 0.0703. The summed E-state index contributed by atoms with van der Waals surface area (Å²) in [5.41, 5.74) is 3.39. The highest BCUT2D eigenvalue weighted by Crippen LogP contribution is 2.22. The number of nitrogens with zero attached hydrogens (tertiary/aromatic N) is 1. The van der Waals surface area contributed by atoms with Crippen molar-refractivity contribution in [2.24, 2.45) is 0 Å². The van der Waals surface area contributed by atoms with Gasteiger partial charge in [-0.1, -0.05) is 30.5 Å². The number of aryl methyl sites for hydroxylation is 2. The third-order valence-corrected chi connectivity index (χ3v) is 7.11. The van der Waals surface area contributed by atoms with Gasteiger partial charge in [0.05, 0.1) is 4.90 Å². The molecule has 0 bridgehead atoms. The number of hydrogen-bond donors (Lipinski definition) is 1. The molecule has 6 heteroatoms. The molecule has 2 aromatic carbocycles. The molecule has 2 aromatic rings. The molecule has 0 atom stereocenters. The second-order valence-electron chi connectivity index (χ2n) is 7.50. The van der Waals surface area contributed by atoms with Gasteiger partial charge in [0.2, 0.25) is 10.0 Å². The second kappa shape index (κ2) is 9.37. The van der Waals surface area contributed by atoms with Crippen molar-refractivity contribution >= 4 is 21.5 Å². The molecule has 1 saturated heterocycles. The highest BCUT2D eigenvalue weighted by molar-refractivity contribution is 7.89. The van der Waals surface area contributed by atoms with E-state index >= 15 is 0 Å². The van der Waals surface area contributed by atoms with E-state index < -0.39 is 10.0 Å². The highest BCUT2D eigenvalue weighted by Gasteiger charge is 2.24. The first-order chi connectivity index (χ1) is 13.9. The van der Waals surface area contributed by atoms with Gasteiger partial charge in [0, 0.05) is 36.6 Å². The largest absolute Gasteiger partial charge is 0.362 e. The minimum Gasteiger partial charge on any atom is -0.362 e. The van der Waals surface area contributed by atoms with Crippen LogP contribution in [0.5, 0.6) is 0 Å². The molecule has 5 nitrogen and oxygen atoms in total. The Hall–Kier alpha value is -2.44. The van der Waals surface area contributed by atoms with Gasteiger partial charge >= 0.3 is 0 Å². The number of sulfonamides is 1. The summed E-state index contributed by atoms with van der Waals surface area (Å²) in [7, 11) is -3.45. The van der Waals surface area contributed by atoms with Crippen molar-refractivity contribution in [2.45, 2.75) is 44.4 Å². The first-order valence-corrected chi connectivity index (χ1v) is 11.5.